The molecule has 1 heterocycles. The molecule has 0 saturated carbocycles. The summed E-state index contributed by atoms with van der Waals surface area (Å²) in [7, 11) is 1.67. The van der Waals surface area contributed by atoms with E-state index in [1.807, 2.05) is 36.8 Å². The van der Waals surface area contributed by atoms with Gasteiger partial charge in [-0.1, -0.05) is 12.1 Å². The topological polar surface area (TPSA) is 27.1 Å². The van der Waals surface area contributed by atoms with Crippen LogP contribution in [0.1, 0.15) is 6.92 Å². The number of imidazole rings is 1. The van der Waals surface area contributed by atoms with Crippen LogP contribution in [0, 0.1) is 0 Å². The number of benzene rings is 1. The largest absolute Gasteiger partial charge is 0.497 e. The van der Waals surface area contributed by atoms with Gasteiger partial charge in [-0.3, -0.25) is 0 Å². The number of hydrogen-bond donors (Lipinski definition) is 0. The summed E-state index contributed by atoms with van der Waals surface area (Å²) in [6, 6.07) is 7.92. The maximum absolute atomic E-state index is 5.17. The molecule has 0 saturated heterocycles. The molecule has 0 bridgehead atoms. The lowest BCUT2D eigenvalue weighted by atomic mass is 10.1. The second-order valence-corrected chi connectivity index (χ2v) is 3.32. The summed E-state index contributed by atoms with van der Waals surface area (Å²) in [6.45, 7) is 3.04. The van der Waals surface area contributed by atoms with E-state index in [9.17, 15) is 0 Å². The van der Waals surface area contributed by atoms with Gasteiger partial charge in [-0.05, 0) is 19.1 Å². The number of aryl methyl sites for hydroxylation is 1. The predicted octanol–water partition coefficient (Wildman–Crippen LogP) is 2.58. The Morgan fingerprint density at radius 1 is 1.40 bits per heavy atom. The van der Waals surface area contributed by atoms with Crippen LogP contribution in [0.3, 0.4) is 0 Å². The van der Waals surface area contributed by atoms with Gasteiger partial charge in [0.2, 0.25) is 0 Å². The number of hydrogen-bond acceptors (Lipinski definition) is 2. The zero-order chi connectivity index (χ0) is 10.7. The van der Waals surface area contributed by atoms with Crippen LogP contribution in [0.2, 0.25) is 0 Å². The molecule has 78 valence electrons. The van der Waals surface area contributed by atoms with E-state index >= 15 is 0 Å². The van der Waals surface area contributed by atoms with Gasteiger partial charge >= 0.3 is 0 Å². The van der Waals surface area contributed by atoms with Gasteiger partial charge in [0, 0.05) is 18.3 Å². The number of methoxy groups -OCH3 is 1. The van der Waals surface area contributed by atoms with Crippen molar-refractivity contribution in [2.24, 2.45) is 0 Å². The highest BCUT2D eigenvalue weighted by Gasteiger charge is 2.02. The van der Waals surface area contributed by atoms with Crippen molar-refractivity contribution in [3.63, 3.8) is 0 Å². The Kier molecular flexibility index (Phi) is 2.72. The van der Waals surface area contributed by atoms with Crippen LogP contribution >= 0.6 is 0 Å². The standard InChI is InChI=1S/C12H14N2O/c1-3-14-8-12(13-9-14)10-5-4-6-11(7-10)15-2/h4-9H,3H2,1-2H3. The van der Waals surface area contributed by atoms with Crippen molar-refractivity contribution >= 4 is 0 Å². The Hall–Kier alpha value is -1.77. The molecule has 0 spiro atoms. The second-order valence-electron chi connectivity index (χ2n) is 3.32. The van der Waals surface area contributed by atoms with Crippen molar-refractivity contribution in [1.82, 2.24) is 9.55 Å². The number of rotatable bonds is 3. The van der Waals surface area contributed by atoms with E-state index in [1.165, 1.54) is 0 Å². The SMILES string of the molecule is CCn1cnc(-c2cccc(OC)c2)c1. The van der Waals surface area contributed by atoms with E-state index in [-0.39, 0.29) is 0 Å². The van der Waals surface area contributed by atoms with Crippen LogP contribution in [0.25, 0.3) is 11.3 Å². The molecule has 1 aromatic heterocycles. The summed E-state index contributed by atoms with van der Waals surface area (Å²) in [5.74, 6) is 0.860. The van der Waals surface area contributed by atoms with Gasteiger partial charge < -0.3 is 9.30 Å². The Labute approximate surface area is 89.3 Å². The molecule has 0 fully saturated rings. The number of aromatic nitrogens is 2. The average Bonchev–Trinajstić information content (AvgIpc) is 2.78. The average molecular weight is 202 g/mol. The summed E-state index contributed by atoms with van der Waals surface area (Å²) < 4.78 is 7.23. The minimum Gasteiger partial charge on any atom is -0.497 e. The molecule has 3 nitrogen and oxygen atoms in total. The monoisotopic (exact) mass is 202 g/mol. The van der Waals surface area contributed by atoms with Gasteiger partial charge in [0.25, 0.3) is 0 Å². The fourth-order valence-corrected chi connectivity index (χ4v) is 1.46. The smallest absolute Gasteiger partial charge is 0.119 e. The fourth-order valence-electron chi connectivity index (χ4n) is 1.46. The molecule has 3 heteroatoms. The first-order valence-electron chi connectivity index (χ1n) is 4.99. The van der Waals surface area contributed by atoms with Gasteiger partial charge in [0.15, 0.2) is 0 Å². The molecule has 0 aliphatic rings. The van der Waals surface area contributed by atoms with Crippen molar-refractivity contribution in [3.05, 3.63) is 36.8 Å². The van der Waals surface area contributed by atoms with Crippen LogP contribution in [0.15, 0.2) is 36.8 Å². The molecular formula is C12H14N2O. The van der Waals surface area contributed by atoms with Gasteiger partial charge in [-0.25, -0.2) is 4.98 Å². The van der Waals surface area contributed by atoms with Crippen molar-refractivity contribution in [1.29, 1.82) is 0 Å². The van der Waals surface area contributed by atoms with E-state index in [4.69, 9.17) is 4.74 Å². The summed E-state index contributed by atoms with van der Waals surface area (Å²) in [5.41, 5.74) is 2.07. The zero-order valence-electron chi connectivity index (χ0n) is 8.97. The normalized spacial score (nSPS) is 10.3. The first-order valence-corrected chi connectivity index (χ1v) is 4.99. The van der Waals surface area contributed by atoms with Crippen molar-refractivity contribution in [3.8, 4) is 17.0 Å². The molecule has 15 heavy (non-hydrogen) atoms. The predicted molar refractivity (Wildman–Crippen MR) is 59.9 cm³/mol. The van der Waals surface area contributed by atoms with Gasteiger partial charge in [0.05, 0.1) is 19.1 Å². The molecule has 2 rings (SSSR count). The summed E-state index contributed by atoms with van der Waals surface area (Å²) >= 11 is 0. The number of nitrogens with zero attached hydrogens (tertiary/aromatic N) is 2. The van der Waals surface area contributed by atoms with Gasteiger partial charge in [-0.15, -0.1) is 0 Å². The molecule has 0 aliphatic heterocycles. The molecular weight excluding hydrogens is 188 g/mol. The highest BCUT2D eigenvalue weighted by Crippen LogP contribution is 2.21. The Morgan fingerprint density at radius 2 is 2.27 bits per heavy atom. The highest BCUT2D eigenvalue weighted by molar-refractivity contribution is 5.60. The van der Waals surface area contributed by atoms with E-state index in [1.54, 1.807) is 7.11 Å². The maximum Gasteiger partial charge on any atom is 0.119 e. The third-order valence-corrected chi connectivity index (χ3v) is 2.36. The Bertz CT molecular complexity index is 448. The summed E-state index contributed by atoms with van der Waals surface area (Å²) in [6.07, 6.45) is 3.88. The van der Waals surface area contributed by atoms with Crippen LogP contribution in [-0.4, -0.2) is 16.7 Å². The second kappa shape index (κ2) is 4.17. The van der Waals surface area contributed by atoms with Gasteiger partial charge in [-0.2, -0.15) is 0 Å². The van der Waals surface area contributed by atoms with Crippen LogP contribution < -0.4 is 4.74 Å². The molecule has 2 aromatic rings. The minimum atomic E-state index is 0.860. The molecule has 0 amide bonds. The van der Waals surface area contributed by atoms with Crippen molar-refractivity contribution in [2.45, 2.75) is 13.5 Å². The lowest BCUT2D eigenvalue weighted by Gasteiger charge is -2.01. The lowest BCUT2D eigenvalue weighted by Crippen LogP contribution is -1.87. The van der Waals surface area contributed by atoms with Gasteiger partial charge in [0.1, 0.15) is 5.75 Å². The fraction of sp³-hybridized carbons (Fsp3) is 0.250. The molecule has 0 aliphatic carbocycles. The quantitative estimate of drug-likeness (QED) is 0.764. The minimum absolute atomic E-state index is 0.860. The van der Waals surface area contributed by atoms with Crippen LogP contribution in [-0.2, 0) is 6.54 Å². The molecule has 0 radical (unpaired) electrons. The van der Waals surface area contributed by atoms with E-state index < -0.39 is 0 Å². The third kappa shape index (κ3) is 2.01. The molecule has 0 atom stereocenters. The van der Waals surface area contributed by atoms with E-state index in [0.717, 1.165) is 23.6 Å². The van der Waals surface area contributed by atoms with Crippen molar-refractivity contribution < 1.29 is 4.74 Å². The summed E-state index contributed by atoms with van der Waals surface area (Å²) in [4.78, 5) is 4.34. The first kappa shape index (κ1) is 9.77. The number of ether oxygens (including phenoxy) is 1. The van der Waals surface area contributed by atoms with Crippen LogP contribution in [0.4, 0.5) is 0 Å². The Balaban J connectivity index is 2.35. The Morgan fingerprint density at radius 3 is 2.93 bits per heavy atom. The van der Waals surface area contributed by atoms with Crippen LogP contribution in [0.5, 0.6) is 5.75 Å². The third-order valence-electron chi connectivity index (χ3n) is 2.36. The summed E-state index contributed by atoms with van der Waals surface area (Å²) in [5, 5.41) is 0. The zero-order valence-corrected chi connectivity index (χ0v) is 8.97. The maximum atomic E-state index is 5.17. The van der Waals surface area contributed by atoms with E-state index in [2.05, 4.69) is 16.5 Å². The molecule has 1 aromatic carbocycles. The highest BCUT2D eigenvalue weighted by atomic mass is 16.5. The van der Waals surface area contributed by atoms with Crippen molar-refractivity contribution in [2.75, 3.05) is 7.11 Å². The first-order chi connectivity index (χ1) is 7.33. The van der Waals surface area contributed by atoms with E-state index in [0.29, 0.717) is 0 Å². The molecule has 0 N–H and O–H groups in total. The lowest BCUT2D eigenvalue weighted by molar-refractivity contribution is 0.415. The molecule has 0 unspecified atom stereocenters.